The van der Waals surface area contributed by atoms with Crippen LogP contribution in [0.3, 0.4) is 0 Å². The molecule has 0 aliphatic carbocycles. The number of hydrogen-bond acceptors (Lipinski definition) is 2. The summed E-state index contributed by atoms with van der Waals surface area (Å²) < 4.78 is 0. The van der Waals surface area contributed by atoms with Crippen molar-refractivity contribution >= 4 is 24.0 Å². The van der Waals surface area contributed by atoms with Crippen LogP contribution in [0.5, 0.6) is 0 Å². The van der Waals surface area contributed by atoms with Gasteiger partial charge in [-0.2, -0.15) is 0 Å². The van der Waals surface area contributed by atoms with Gasteiger partial charge in [0, 0.05) is 12.2 Å². The van der Waals surface area contributed by atoms with Crippen LogP contribution in [0.4, 0.5) is 5.69 Å². The van der Waals surface area contributed by atoms with E-state index >= 15 is 0 Å². The molecule has 0 saturated carbocycles. The average Bonchev–Trinajstić information content (AvgIpc) is 2.72. The number of nitrogens with zero attached hydrogens (tertiary/aromatic N) is 1. The SMILES string of the molecule is Cc1ccc(N(CCc2ccccc2C)C(=O)C(N)c2ccccc2)cc1C.Cl. The maximum absolute atomic E-state index is 13.3. The van der Waals surface area contributed by atoms with Crippen molar-refractivity contribution in [3.63, 3.8) is 0 Å². The van der Waals surface area contributed by atoms with Gasteiger partial charge >= 0.3 is 0 Å². The Morgan fingerprint density at radius 1 is 0.862 bits per heavy atom. The van der Waals surface area contributed by atoms with Crippen LogP contribution >= 0.6 is 12.4 Å². The Morgan fingerprint density at radius 3 is 2.17 bits per heavy atom. The quantitative estimate of drug-likeness (QED) is 0.600. The molecule has 0 aromatic heterocycles. The fourth-order valence-electron chi connectivity index (χ4n) is 3.35. The molecule has 0 fully saturated rings. The summed E-state index contributed by atoms with van der Waals surface area (Å²) in [6.07, 6.45) is 0.785. The van der Waals surface area contributed by atoms with Crippen LogP contribution in [0.2, 0.25) is 0 Å². The van der Waals surface area contributed by atoms with Gasteiger partial charge in [0.2, 0.25) is 5.91 Å². The van der Waals surface area contributed by atoms with Gasteiger partial charge in [0.05, 0.1) is 0 Å². The molecule has 3 aromatic carbocycles. The zero-order chi connectivity index (χ0) is 20.1. The van der Waals surface area contributed by atoms with Gasteiger partial charge in [-0.25, -0.2) is 0 Å². The monoisotopic (exact) mass is 408 g/mol. The average molecular weight is 409 g/mol. The molecule has 1 atom stereocenters. The van der Waals surface area contributed by atoms with Crippen molar-refractivity contribution in [1.82, 2.24) is 0 Å². The maximum atomic E-state index is 13.3. The van der Waals surface area contributed by atoms with E-state index in [1.165, 1.54) is 22.3 Å². The molecule has 0 saturated heterocycles. The van der Waals surface area contributed by atoms with E-state index in [0.717, 1.165) is 17.7 Å². The molecule has 3 nitrogen and oxygen atoms in total. The third kappa shape index (κ3) is 5.47. The van der Waals surface area contributed by atoms with Crippen LogP contribution in [-0.2, 0) is 11.2 Å². The molecular weight excluding hydrogens is 380 g/mol. The van der Waals surface area contributed by atoms with Crippen molar-refractivity contribution in [2.24, 2.45) is 5.73 Å². The normalized spacial score (nSPS) is 11.4. The van der Waals surface area contributed by atoms with E-state index in [0.29, 0.717) is 6.54 Å². The van der Waals surface area contributed by atoms with E-state index in [9.17, 15) is 4.79 Å². The Morgan fingerprint density at radius 2 is 1.52 bits per heavy atom. The standard InChI is InChI=1S/C25H28N2O.ClH/c1-18-13-14-23(17-20(18)3)27(16-15-21-10-8-7-9-19(21)2)25(28)24(26)22-11-5-4-6-12-22;/h4-14,17,24H,15-16,26H2,1-3H3;1H. The summed E-state index contributed by atoms with van der Waals surface area (Å²) in [5.74, 6) is -0.0805. The molecule has 2 N–H and O–H groups in total. The fraction of sp³-hybridized carbons (Fsp3) is 0.240. The first-order chi connectivity index (χ1) is 13.5. The first kappa shape index (κ1) is 22.7. The lowest BCUT2D eigenvalue weighted by molar-refractivity contribution is -0.120. The summed E-state index contributed by atoms with van der Waals surface area (Å²) in [6.45, 7) is 6.84. The van der Waals surface area contributed by atoms with Crippen molar-refractivity contribution in [2.75, 3.05) is 11.4 Å². The number of carbonyl (C=O) groups is 1. The molecular formula is C25H29ClN2O. The van der Waals surface area contributed by atoms with Crippen LogP contribution in [0, 0.1) is 20.8 Å². The van der Waals surface area contributed by atoms with Gasteiger partial charge in [-0.15, -0.1) is 12.4 Å². The lowest BCUT2D eigenvalue weighted by Crippen LogP contribution is -2.40. The Kier molecular flexibility index (Phi) is 8.00. The third-order valence-corrected chi connectivity index (χ3v) is 5.36. The highest BCUT2D eigenvalue weighted by Crippen LogP contribution is 2.23. The molecule has 3 rings (SSSR count). The molecule has 29 heavy (non-hydrogen) atoms. The second kappa shape index (κ2) is 10.2. The Balaban J connectivity index is 0.00000300. The smallest absolute Gasteiger partial charge is 0.248 e. The Labute approximate surface area is 180 Å². The Hall–Kier alpha value is -2.62. The van der Waals surface area contributed by atoms with Crippen LogP contribution in [-0.4, -0.2) is 12.5 Å². The molecule has 0 bridgehead atoms. The molecule has 0 aliphatic heterocycles. The van der Waals surface area contributed by atoms with Gasteiger partial charge in [0.15, 0.2) is 0 Å². The predicted octanol–water partition coefficient (Wildman–Crippen LogP) is 5.31. The Bertz CT molecular complexity index is 956. The molecule has 1 amide bonds. The summed E-state index contributed by atoms with van der Waals surface area (Å²) in [5.41, 5.74) is 12.9. The summed E-state index contributed by atoms with van der Waals surface area (Å²) in [6, 6.07) is 23.3. The molecule has 3 aromatic rings. The van der Waals surface area contributed by atoms with Crippen LogP contribution in [0.1, 0.15) is 33.9 Å². The van der Waals surface area contributed by atoms with Crippen molar-refractivity contribution < 1.29 is 4.79 Å². The number of rotatable bonds is 6. The van der Waals surface area contributed by atoms with Gasteiger partial charge in [0.25, 0.3) is 0 Å². The molecule has 0 aliphatic rings. The first-order valence-corrected chi connectivity index (χ1v) is 9.71. The third-order valence-electron chi connectivity index (χ3n) is 5.36. The van der Waals surface area contributed by atoms with Gasteiger partial charge < -0.3 is 10.6 Å². The summed E-state index contributed by atoms with van der Waals surface area (Å²) in [7, 11) is 0. The number of nitrogens with two attached hydrogens (primary N) is 1. The molecule has 0 heterocycles. The number of amides is 1. The lowest BCUT2D eigenvalue weighted by Gasteiger charge is -2.27. The number of anilines is 1. The minimum absolute atomic E-state index is 0. The zero-order valence-electron chi connectivity index (χ0n) is 17.3. The van der Waals surface area contributed by atoms with Crippen molar-refractivity contribution in [2.45, 2.75) is 33.2 Å². The molecule has 152 valence electrons. The highest BCUT2D eigenvalue weighted by molar-refractivity contribution is 5.97. The highest BCUT2D eigenvalue weighted by atomic mass is 35.5. The maximum Gasteiger partial charge on any atom is 0.248 e. The van der Waals surface area contributed by atoms with Gasteiger partial charge in [-0.05, 0) is 67.1 Å². The van der Waals surface area contributed by atoms with Crippen molar-refractivity contribution in [3.05, 3.63) is 101 Å². The van der Waals surface area contributed by atoms with E-state index in [1.54, 1.807) is 0 Å². The van der Waals surface area contributed by atoms with Crippen LogP contribution < -0.4 is 10.6 Å². The number of carbonyl (C=O) groups excluding carboxylic acids is 1. The largest absolute Gasteiger partial charge is 0.316 e. The zero-order valence-corrected chi connectivity index (χ0v) is 18.1. The van der Waals surface area contributed by atoms with Crippen molar-refractivity contribution in [1.29, 1.82) is 0 Å². The molecule has 0 spiro atoms. The van der Waals surface area contributed by atoms with E-state index in [-0.39, 0.29) is 18.3 Å². The van der Waals surface area contributed by atoms with Crippen LogP contribution in [0.25, 0.3) is 0 Å². The van der Waals surface area contributed by atoms with E-state index < -0.39 is 6.04 Å². The van der Waals surface area contributed by atoms with E-state index in [1.807, 2.05) is 53.4 Å². The van der Waals surface area contributed by atoms with Gasteiger partial charge in [-0.1, -0.05) is 60.7 Å². The summed E-state index contributed by atoms with van der Waals surface area (Å²) in [4.78, 5) is 15.2. The number of halogens is 1. The molecule has 1 unspecified atom stereocenters. The second-order valence-electron chi connectivity index (χ2n) is 7.32. The van der Waals surface area contributed by atoms with Crippen LogP contribution in [0.15, 0.2) is 72.8 Å². The second-order valence-corrected chi connectivity index (χ2v) is 7.32. The predicted molar refractivity (Wildman–Crippen MR) is 124 cm³/mol. The number of benzene rings is 3. The van der Waals surface area contributed by atoms with Gasteiger partial charge in [-0.3, -0.25) is 4.79 Å². The first-order valence-electron chi connectivity index (χ1n) is 9.71. The highest BCUT2D eigenvalue weighted by Gasteiger charge is 2.24. The number of hydrogen-bond donors (Lipinski definition) is 1. The van der Waals surface area contributed by atoms with Gasteiger partial charge in [0.1, 0.15) is 6.04 Å². The minimum atomic E-state index is -0.681. The van der Waals surface area contributed by atoms with E-state index in [2.05, 4.69) is 45.0 Å². The number of aryl methyl sites for hydroxylation is 3. The molecule has 0 radical (unpaired) electrons. The van der Waals surface area contributed by atoms with Crippen molar-refractivity contribution in [3.8, 4) is 0 Å². The lowest BCUT2D eigenvalue weighted by atomic mass is 10.0. The molecule has 4 heteroatoms. The minimum Gasteiger partial charge on any atom is -0.316 e. The van der Waals surface area contributed by atoms with E-state index in [4.69, 9.17) is 5.73 Å². The summed E-state index contributed by atoms with van der Waals surface area (Å²) in [5, 5.41) is 0. The topological polar surface area (TPSA) is 46.3 Å². The summed E-state index contributed by atoms with van der Waals surface area (Å²) >= 11 is 0. The fourth-order valence-corrected chi connectivity index (χ4v) is 3.35.